The van der Waals surface area contributed by atoms with E-state index in [9.17, 15) is 0 Å². The van der Waals surface area contributed by atoms with E-state index >= 15 is 0 Å². The summed E-state index contributed by atoms with van der Waals surface area (Å²) in [6.07, 6.45) is 8.28. The number of imidazole rings is 1. The lowest BCUT2D eigenvalue weighted by molar-refractivity contribution is 0.280. The molecule has 0 aliphatic carbocycles. The van der Waals surface area contributed by atoms with Gasteiger partial charge in [0.15, 0.2) is 11.5 Å². The Labute approximate surface area is 158 Å². The maximum atomic E-state index is 6.00. The summed E-state index contributed by atoms with van der Waals surface area (Å²) in [6.45, 7) is 5.48. The van der Waals surface area contributed by atoms with Gasteiger partial charge in [-0.25, -0.2) is 14.5 Å². The van der Waals surface area contributed by atoms with Crippen molar-refractivity contribution in [3.63, 3.8) is 0 Å². The van der Waals surface area contributed by atoms with E-state index in [2.05, 4.69) is 33.9 Å². The largest absolute Gasteiger partial charge is 0.478 e. The van der Waals surface area contributed by atoms with Gasteiger partial charge in [0.1, 0.15) is 0 Å². The lowest BCUT2D eigenvalue weighted by atomic mass is 10.2. The highest BCUT2D eigenvalue weighted by molar-refractivity contribution is 5.59. The number of nitrogen functional groups attached to an aromatic ring is 1. The molecule has 0 atom stereocenters. The highest BCUT2D eigenvalue weighted by Gasteiger charge is 2.12. The summed E-state index contributed by atoms with van der Waals surface area (Å²) in [6, 6.07) is 4.15. The van der Waals surface area contributed by atoms with Crippen molar-refractivity contribution in [3.05, 3.63) is 35.8 Å². The van der Waals surface area contributed by atoms with E-state index in [4.69, 9.17) is 15.2 Å². The first-order valence-electron chi connectivity index (χ1n) is 9.42. The second-order valence-electron chi connectivity index (χ2n) is 6.35. The fourth-order valence-electron chi connectivity index (χ4n) is 2.55. The first-order valence-corrected chi connectivity index (χ1v) is 9.42. The van der Waals surface area contributed by atoms with E-state index in [1.807, 2.05) is 18.3 Å². The Kier molecular flexibility index (Phi) is 6.40. The molecule has 144 valence electrons. The number of nitrogens with zero attached hydrogens (tertiary/aromatic N) is 5. The van der Waals surface area contributed by atoms with Crippen molar-refractivity contribution in [2.75, 3.05) is 18.9 Å². The number of aromatic nitrogens is 5. The molecule has 2 N–H and O–H groups in total. The molecule has 0 amide bonds. The first-order chi connectivity index (χ1) is 13.2. The first kappa shape index (κ1) is 18.9. The van der Waals surface area contributed by atoms with Crippen LogP contribution in [0.2, 0.25) is 0 Å². The zero-order valence-corrected chi connectivity index (χ0v) is 15.9. The molecule has 0 radical (unpaired) electrons. The maximum Gasteiger partial charge on any atom is 0.336 e. The van der Waals surface area contributed by atoms with E-state index < -0.39 is 0 Å². The van der Waals surface area contributed by atoms with Crippen LogP contribution in [-0.2, 0) is 6.42 Å². The summed E-state index contributed by atoms with van der Waals surface area (Å²) >= 11 is 0. The molecule has 0 aromatic carbocycles. The molecule has 3 aromatic rings. The molecule has 0 saturated heterocycles. The summed E-state index contributed by atoms with van der Waals surface area (Å²) < 4.78 is 12.9. The number of unbranched alkanes of at least 4 members (excludes halogenated alkanes) is 2. The van der Waals surface area contributed by atoms with Crippen LogP contribution >= 0.6 is 0 Å². The molecule has 8 heteroatoms. The third kappa shape index (κ3) is 4.84. The van der Waals surface area contributed by atoms with Crippen molar-refractivity contribution in [1.29, 1.82) is 0 Å². The van der Waals surface area contributed by atoms with Crippen LogP contribution in [0.3, 0.4) is 0 Å². The second-order valence-corrected chi connectivity index (χ2v) is 6.35. The molecule has 8 nitrogen and oxygen atoms in total. The zero-order valence-electron chi connectivity index (χ0n) is 15.9. The highest BCUT2D eigenvalue weighted by Crippen LogP contribution is 2.18. The van der Waals surface area contributed by atoms with Crippen molar-refractivity contribution in [2.24, 2.45) is 0 Å². The molecule has 0 unspecified atom stereocenters. The Bertz CT molecular complexity index is 863. The molecular formula is C19H26N6O2. The molecule has 0 saturated carbocycles. The Morgan fingerprint density at radius 3 is 2.48 bits per heavy atom. The summed E-state index contributed by atoms with van der Waals surface area (Å²) in [7, 11) is 0. The van der Waals surface area contributed by atoms with Crippen LogP contribution in [0.5, 0.6) is 11.9 Å². The molecule has 0 bridgehead atoms. The van der Waals surface area contributed by atoms with Gasteiger partial charge in [-0.15, -0.1) is 5.10 Å². The van der Waals surface area contributed by atoms with Gasteiger partial charge in [-0.1, -0.05) is 32.8 Å². The van der Waals surface area contributed by atoms with Gasteiger partial charge in [0, 0.05) is 18.7 Å². The fourth-order valence-corrected chi connectivity index (χ4v) is 2.55. The molecular weight excluding hydrogens is 344 g/mol. The molecule has 0 aliphatic rings. The van der Waals surface area contributed by atoms with Gasteiger partial charge >= 0.3 is 6.01 Å². The van der Waals surface area contributed by atoms with E-state index in [0.29, 0.717) is 37.0 Å². The smallest absolute Gasteiger partial charge is 0.336 e. The normalized spacial score (nSPS) is 11.0. The maximum absolute atomic E-state index is 6.00. The van der Waals surface area contributed by atoms with Gasteiger partial charge in [0.2, 0.25) is 5.88 Å². The van der Waals surface area contributed by atoms with Crippen LogP contribution < -0.4 is 15.2 Å². The van der Waals surface area contributed by atoms with E-state index in [0.717, 1.165) is 36.9 Å². The molecule has 3 aromatic heterocycles. The zero-order chi connectivity index (χ0) is 19.1. The minimum Gasteiger partial charge on any atom is -0.478 e. The number of pyridine rings is 1. The van der Waals surface area contributed by atoms with Crippen LogP contribution in [0, 0.1) is 0 Å². The molecule has 0 fully saturated rings. The standard InChI is InChI=1S/C19H26N6O2/c1-3-5-9-26-16-8-7-14(12-21-16)11-15-13-22-18-17(20)23-19(24-25(15)18)27-10-6-4-2/h7-8,12-13H,3-6,9-11H2,1-2H3,(H2,20,23,24). The minimum atomic E-state index is 0.269. The number of rotatable bonds is 10. The van der Waals surface area contributed by atoms with Crippen molar-refractivity contribution < 1.29 is 9.47 Å². The van der Waals surface area contributed by atoms with Crippen LogP contribution in [-0.4, -0.2) is 37.8 Å². The van der Waals surface area contributed by atoms with Gasteiger partial charge in [-0.05, 0) is 18.4 Å². The van der Waals surface area contributed by atoms with E-state index in [1.54, 1.807) is 10.7 Å². The number of hydrogen-bond acceptors (Lipinski definition) is 7. The van der Waals surface area contributed by atoms with E-state index in [-0.39, 0.29) is 6.01 Å². The lowest BCUT2D eigenvalue weighted by Crippen LogP contribution is -2.09. The molecule has 3 rings (SSSR count). The predicted octanol–water partition coefficient (Wildman–Crippen LogP) is 3.05. The predicted molar refractivity (Wildman–Crippen MR) is 103 cm³/mol. The number of ether oxygens (including phenoxy) is 2. The van der Waals surface area contributed by atoms with Crippen LogP contribution in [0.1, 0.15) is 50.8 Å². The van der Waals surface area contributed by atoms with Crippen LogP contribution in [0.15, 0.2) is 24.5 Å². The third-order valence-corrected chi connectivity index (χ3v) is 4.10. The molecule has 3 heterocycles. The summed E-state index contributed by atoms with van der Waals surface area (Å²) in [5.41, 5.74) is 8.45. The average molecular weight is 370 g/mol. The number of anilines is 1. The SMILES string of the molecule is CCCCOc1ccc(Cc2cnc3c(N)nc(OCCCC)nn23)cn1. The number of nitrogens with two attached hydrogens (primary N) is 1. The Hall–Kier alpha value is -2.90. The van der Waals surface area contributed by atoms with Crippen LogP contribution in [0.25, 0.3) is 5.65 Å². The monoisotopic (exact) mass is 370 g/mol. The Balaban J connectivity index is 1.74. The highest BCUT2D eigenvalue weighted by atomic mass is 16.5. The summed E-state index contributed by atoms with van der Waals surface area (Å²) in [5, 5.41) is 4.43. The molecule has 0 spiro atoms. The summed E-state index contributed by atoms with van der Waals surface area (Å²) in [5.74, 6) is 0.948. The van der Waals surface area contributed by atoms with Gasteiger partial charge in [0.25, 0.3) is 0 Å². The van der Waals surface area contributed by atoms with Gasteiger partial charge < -0.3 is 15.2 Å². The molecule has 27 heavy (non-hydrogen) atoms. The van der Waals surface area contributed by atoms with Crippen molar-refractivity contribution in [1.82, 2.24) is 24.6 Å². The fraction of sp³-hybridized carbons (Fsp3) is 0.474. The quantitative estimate of drug-likeness (QED) is 0.547. The van der Waals surface area contributed by atoms with Gasteiger partial charge in [-0.2, -0.15) is 4.98 Å². The Morgan fingerprint density at radius 1 is 1.00 bits per heavy atom. The third-order valence-electron chi connectivity index (χ3n) is 4.10. The average Bonchev–Trinajstić information content (AvgIpc) is 3.07. The van der Waals surface area contributed by atoms with Gasteiger partial charge in [-0.3, -0.25) is 0 Å². The lowest BCUT2D eigenvalue weighted by Gasteiger charge is -2.07. The Morgan fingerprint density at radius 2 is 1.78 bits per heavy atom. The number of fused-ring (bicyclic) bond motifs is 1. The topological polar surface area (TPSA) is 100 Å². The van der Waals surface area contributed by atoms with Gasteiger partial charge in [0.05, 0.1) is 25.1 Å². The molecule has 0 aliphatic heterocycles. The van der Waals surface area contributed by atoms with Crippen molar-refractivity contribution >= 4 is 11.5 Å². The summed E-state index contributed by atoms with van der Waals surface area (Å²) in [4.78, 5) is 12.9. The second kappa shape index (κ2) is 9.16. The van der Waals surface area contributed by atoms with Crippen LogP contribution in [0.4, 0.5) is 5.82 Å². The number of hydrogen-bond donors (Lipinski definition) is 1. The van der Waals surface area contributed by atoms with E-state index in [1.165, 1.54) is 0 Å². The van der Waals surface area contributed by atoms with Crippen molar-refractivity contribution in [3.8, 4) is 11.9 Å². The van der Waals surface area contributed by atoms with Crippen molar-refractivity contribution in [2.45, 2.75) is 46.0 Å². The minimum absolute atomic E-state index is 0.269.